The van der Waals surface area contributed by atoms with Crippen LogP contribution in [0.1, 0.15) is 11.1 Å². The van der Waals surface area contributed by atoms with Crippen molar-refractivity contribution in [3.05, 3.63) is 45.3 Å². The van der Waals surface area contributed by atoms with Crippen molar-refractivity contribution in [2.24, 2.45) is 0 Å². The van der Waals surface area contributed by atoms with Crippen LogP contribution in [0.15, 0.2) is 18.2 Å². The van der Waals surface area contributed by atoms with Gasteiger partial charge in [0.2, 0.25) is 6.54 Å². The van der Waals surface area contributed by atoms with Gasteiger partial charge in [-0.05, 0) is 18.6 Å². The van der Waals surface area contributed by atoms with Crippen LogP contribution < -0.4 is 0 Å². The highest BCUT2D eigenvalue weighted by Crippen LogP contribution is 2.12. The Balaban J connectivity index is 3.00. The maximum Gasteiger partial charge on any atom is 0.229 e. The van der Waals surface area contributed by atoms with Gasteiger partial charge >= 0.3 is 0 Å². The number of hydrogen-bond acceptors (Lipinski definition) is 2. The quantitative estimate of drug-likeness (QED) is 0.501. The summed E-state index contributed by atoms with van der Waals surface area (Å²) in [5.74, 6) is -0.394. The summed E-state index contributed by atoms with van der Waals surface area (Å²) in [5.41, 5.74) is 0.786. The highest BCUT2D eigenvalue weighted by atomic mass is 19.1. The summed E-state index contributed by atoms with van der Waals surface area (Å²) in [6.07, 6.45) is 0. The summed E-state index contributed by atoms with van der Waals surface area (Å²) >= 11 is 0. The van der Waals surface area contributed by atoms with Crippen LogP contribution in [0.5, 0.6) is 0 Å². The van der Waals surface area contributed by atoms with Crippen LogP contribution in [-0.4, -0.2) is 4.92 Å². The molecule has 0 heterocycles. The highest BCUT2D eigenvalue weighted by Gasteiger charge is 2.07. The third kappa shape index (κ3) is 1.78. The lowest BCUT2D eigenvalue weighted by atomic mass is 10.1. The first kappa shape index (κ1) is 8.64. The Morgan fingerprint density at radius 2 is 2.25 bits per heavy atom. The molecule has 3 nitrogen and oxygen atoms in total. The van der Waals surface area contributed by atoms with Crippen molar-refractivity contribution < 1.29 is 9.31 Å². The Morgan fingerprint density at radius 3 is 2.83 bits per heavy atom. The number of halogens is 1. The van der Waals surface area contributed by atoms with Crippen LogP contribution in [0, 0.1) is 22.9 Å². The molecule has 0 radical (unpaired) electrons. The Bertz CT molecular complexity index is 312. The molecule has 0 aromatic heterocycles. The van der Waals surface area contributed by atoms with Crippen LogP contribution in [0.25, 0.3) is 0 Å². The van der Waals surface area contributed by atoms with E-state index < -0.39 is 10.7 Å². The largest absolute Gasteiger partial charge is 0.264 e. The molecule has 0 aliphatic heterocycles. The van der Waals surface area contributed by atoms with E-state index in [1.54, 1.807) is 6.07 Å². The van der Waals surface area contributed by atoms with E-state index in [1.807, 2.05) is 0 Å². The molecule has 1 aromatic rings. The van der Waals surface area contributed by atoms with Gasteiger partial charge < -0.3 is 0 Å². The minimum atomic E-state index is -0.470. The first-order valence-corrected chi connectivity index (χ1v) is 3.47. The molecule has 0 saturated heterocycles. The molecule has 0 atom stereocenters. The summed E-state index contributed by atoms with van der Waals surface area (Å²) < 4.78 is 12.8. The Labute approximate surface area is 69.0 Å². The van der Waals surface area contributed by atoms with Gasteiger partial charge in [0.25, 0.3) is 0 Å². The monoisotopic (exact) mass is 169 g/mol. The van der Waals surface area contributed by atoms with E-state index in [2.05, 4.69) is 0 Å². The van der Waals surface area contributed by atoms with E-state index in [-0.39, 0.29) is 6.54 Å². The molecule has 12 heavy (non-hydrogen) atoms. The fourth-order valence-electron chi connectivity index (χ4n) is 0.963. The second-order valence-electron chi connectivity index (χ2n) is 2.51. The first-order valence-electron chi connectivity index (χ1n) is 3.47. The van der Waals surface area contributed by atoms with E-state index in [0.717, 1.165) is 0 Å². The zero-order chi connectivity index (χ0) is 9.14. The molecule has 64 valence electrons. The van der Waals surface area contributed by atoms with Gasteiger partial charge in [-0.1, -0.05) is 12.1 Å². The highest BCUT2D eigenvalue weighted by molar-refractivity contribution is 5.26. The SMILES string of the molecule is Cc1c(F)cccc1C[N+](=O)[O-]. The Morgan fingerprint density at radius 1 is 1.58 bits per heavy atom. The van der Waals surface area contributed by atoms with Crippen molar-refractivity contribution in [1.29, 1.82) is 0 Å². The molecular formula is C8H8FNO2. The fourth-order valence-corrected chi connectivity index (χ4v) is 0.963. The van der Waals surface area contributed by atoms with Crippen LogP contribution in [0.3, 0.4) is 0 Å². The maximum atomic E-state index is 12.8. The van der Waals surface area contributed by atoms with Gasteiger partial charge in [0.15, 0.2) is 0 Å². The van der Waals surface area contributed by atoms with Gasteiger partial charge in [0, 0.05) is 10.5 Å². The van der Waals surface area contributed by atoms with Crippen molar-refractivity contribution >= 4 is 0 Å². The zero-order valence-electron chi connectivity index (χ0n) is 6.58. The zero-order valence-corrected chi connectivity index (χ0v) is 6.58. The summed E-state index contributed by atoms with van der Waals surface area (Å²) in [6.45, 7) is 1.22. The summed E-state index contributed by atoms with van der Waals surface area (Å²) in [7, 11) is 0. The van der Waals surface area contributed by atoms with Crippen molar-refractivity contribution in [2.75, 3.05) is 0 Å². The molecule has 4 heteroatoms. The molecule has 0 fully saturated rings. The molecule has 1 aromatic carbocycles. The van der Waals surface area contributed by atoms with Gasteiger partial charge in [0.05, 0.1) is 0 Å². The third-order valence-corrected chi connectivity index (χ3v) is 1.68. The van der Waals surface area contributed by atoms with Crippen LogP contribution in [0.4, 0.5) is 4.39 Å². The predicted molar refractivity (Wildman–Crippen MR) is 41.8 cm³/mol. The number of nitrogens with zero attached hydrogens (tertiary/aromatic N) is 1. The lowest BCUT2D eigenvalue weighted by Crippen LogP contribution is -2.01. The fraction of sp³-hybridized carbons (Fsp3) is 0.250. The Kier molecular flexibility index (Phi) is 2.38. The molecule has 0 N–H and O–H groups in total. The lowest BCUT2D eigenvalue weighted by molar-refractivity contribution is -0.496. The van der Waals surface area contributed by atoms with Crippen LogP contribution >= 0.6 is 0 Å². The number of benzene rings is 1. The van der Waals surface area contributed by atoms with Gasteiger partial charge in [-0.15, -0.1) is 0 Å². The minimum Gasteiger partial charge on any atom is -0.264 e. The average Bonchev–Trinajstić information content (AvgIpc) is 1.98. The lowest BCUT2D eigenvalue weighted by Gasteiger charge is -2.00. The van der Waals surface area contributed by atoms with E-state index in [1.165, 1.54) is 19.1 Å². The second-order valence-corrected chi connectivity index (χ2v) is 2.51. The molecule has 0 amide bonds. The normalized spacial score (nSPS) is 9.83. The molecule has 0 unspecified atom stereocenters. The molecule has 0 aliphatic carbocycles. The number of nitro groups is 1. The molecule has 0 spiro atoms. The van der Waals surface area contributed by atoms with Crippen molar-refractivity contribution in [3.63, 3.8) is 0 Å². The summed E-state index contributed by atoms with van der Waals surface area (Å²) in [5, 5.41) is 10.1. The van der Waals surface area contributed by atoms with E-state index in [4.69, 9.17) is 0 Å². The van der Waals surface area contributed by atoms with Gasteiger partial charge in [-0.25, -0.2) is 4.39 Å². The molecule has 1 rings (SSSR count). The van der Waals surface area contributed by atoms with Crippen LogP contribution in [0.2, 0.25) is 0 Å². The smallest absolute Gasteiger partial charge is 0.229 e. The molecule has 0 bridgehead atoms. The summed E-state index contributed by atoms with van der Waals surface area (Å²) in [6, 6.07) is 4.32. The van der Waals surface area contributed by atoms with Gasteiger partial charge in [0.1, 0.15) is 5.82 Å². The van der Waals surface area contributed by atoms with E-state index in [0.29, 0.717) is 11.1 Å². The molecule has 0 saturated carbocycles. The summed E-state index contributed by atoms with van der Waals surface area (Å²) in [4.78, 5) is 9.64. The minimum absolute atomic E-state index is 0.316. The van der Waals surface area contributed by atoms with Crippen molar-refractivity contribution in [3.8, 4) is 0 Å². The maximum absolute atomic E-state index is 12.8. The van der Waals surface area contributed by atoms with Gasteiger partial charge in [-0.2, -0.15) is 0 Å². The van der Waals surface area contributed by atoms with E-state index in [9.17, 15) is 14.5 Å². The first-order chi connectivity index (χ1) is 5.61. The Hall–Kier alpha value is -1.45. The molecular weight excluding hydrogens is 161 g/mol. The second kappa shape index (κ2) is 3.30. The van der Waals surface area contributed by atoms with E-state index >= 15 is 0 Å². The van der Waals surface area contributed by atoms with Crippen molar-refractivity contribution in [2.45, 2.75) is 13.5 Å². The van der Waals surface area contributed by atoms with Crippen LogP contribution in [-0.2, 0) is 6.54 Å². The third-order valence-electron chi connectivity index (χ3n) is 1.68. The standard InChI is InChI=1S/C8H8FNO2/c1-6-7(5-10(11)12)3-2-4-8(6)9/h2-4H,5H2,1H3. The predicted octanol–water partition coefficient (Wildman–Crippen LogP) is 1.91. The molecule has 0 aliphatic rings. The number of hydrogen-bond donors (Lipinski definition) is 0. The van der Waals surface area contributed by atoms with Gasteiger partial charge in [-0.3, -0.25) is 10.1 Å². The number of rotatable bonds is 2. The average molecular weight is 169 g/mol. The topological polar surface area (TPSA) is 43.1 Å². The van der Waals surface area contributed by atoms with Crippen molar-refractivity contribution in [1.82, 2.24) is 0 Å².